The lowest BCUT2D eigenvalue weighted by atomic mass is 10.1. The van der Waals surface area contributed by atoms with Crippen molar-refractivity contribution in [3.8, 4) is 0 Å². The minimum Gasteiger partial charge on any atom is -0.393 e. The van der Waals surface area contributed by atoms with Crippen LogP contribution in [0.3, 0.4) is 0 Å². The summed E-state index contributed by atoms with van der Waals surface area (Å²) in [6.45, 7) is 3.73. The van der Waals surface area contributed by atoms with E-state index in [1.807, 2.05) is 7.05 Å². The first-order valence-electron chi connectivity index (χ1n) is 12.1. The third kappa shape index (κ3) is 8.44. The lowest BCUT2D eigenvalue weighted by Gasteiger charge is -2.28. The molecule has 0 radical (unpaired) electrons. The molecule has 0 bridgehead atoms. The Balaban J connectivity index is 2.42. The Morgan fingerprint density at radius 3 is 2.26 bits per heavy atom. The number of anilines is 1. The fourth-order valence-electron chi connectivity index (χ4n) is 4.27. The van der Waals surface area contributed by atoms with Crippen LogP contribution in [0.4, 0.5) is 32.3 Å². The molecule has 0 amide bonds. The number of nitrogens with zero attached hydrogens (tertiary/aromatic N) is 5. The Morgan fingerprint density at radius 2 is 1.79 bits per heavy atom. The summed E-state index contributed by atoms with van der Waals surface area (Å²) in [6.07, 6.45) is 0.970. The van der Waals surface area contributed by atoms with Crippen LogP contribution in [-0.2, 0) is 0 Å². The maximum absolute atomic E-state index is 13.6. The minimum absolute atomic E-state index is 0.0193. The first-order valence-corrected chi connectivity index (χ1v) is 12.1. The van der Waals surface area contributed by atoms with Crippen LogP contribution < -0.4 is 10.2 Å². The molecule has 1 N–H and O–H groups in total. The molecular formula is C26H34F6N6. The van der Waals surface area contributed by atoms with E-state index in [0.717, 1.165) is 25.3 Å². The third-order valence-corrected chi connectivity index (χ3v) is 6.25. The SMILES string of the molecule is C\C=C(/C=C(\C=C\CN(c1ncc(/C(C=NC)=C/NC)cn1)C1C[C@@H](CC)N(C)C1)C(F)(F)F)C(F)(F)F. The molecular weight excluding hydrogens is 510 g/mol. The van der Waals surface area contributed by atoms with Crippen molar-refractivity contribution in [2.45, 2.75) is 51.1 Å². The zero-order valence-corrected chi connectivity index (χ0v) is 22.1. The van der Waals surface area contributed by atoms with Crippen molar-refractivity contribution < 1.29 is 26.3 Å². The predicted octanol–water partition coefficient (Wildman–Crippen LogP) is 5.58. The maximum atomic E-state index is 13.6. The van der Waals surface area contributed by atoms with Gasteiger partial charge in [-0.2, -0.15) is 26.3 Å². The molecule has 0 aliphatic carbocycles. The fraction of sp³-hybridized carbons (Fsp3) is 0.500. The van der Waals surface area contributed by atoms with E-state index in [9.17, 15) is 26.3 Å². The van der Waals surface area contributed by atoms with Crippen molar-refractivity contribution in [2.24, 2.45) is 4.99 Å². The van der Waals surface area contributed by atoms with Gasteiger partial charge in [0.1, 0.15) is 0 Å². The van der Waals surface area contributed by atoms with Gasteiger partial charge in [-0.05, 0) is 32.9 Å². The normalized spacial score (nSPS) is 20.7. The molecule has 38 heavy (non-hydrogen) atoms. The van der Waals surface area contributed by atoms with E-state index in [2.05, 4.69) is 32.1 Å². The summed E-state index contributed by atoms with van der Waals surface area (Å²) < 4.78 is 80.0. The lowest BCUT2D eigenvalue weighted by molar-refractivity contribution is -0.0934. The Morgan fingerprint density at radius 1 is 1.16 bits per heavy atom. The quantitative estimate of drug-likeness (QED) is 0.237. The van der Waals surface area contributed by atoms with Crippen LogP contribution in [0, 0.1) is 0 Å². The number of allylic oxidation sites excluding steroid dienone is 6. The Labute approximate surface area is 219 Å². The number of nitrogens with one attached hydrogen (secondary N) is 1. The maximum Gasteiger partial charge on any atom is 0.416 e. The van der Waals surface area contributed by atoms with Gasteiger partial charge in [-0.1, -0.05) is 25.2 Å². The van der Waals surface area contributed by atoms with Gasteiger partial charge in [-0.15, -0.1) is 0 Å². The summed E-state index contributed by atoms with van der Waals surface area (Å²) in [6, 6.07) is 0.191. The second-order valence-electron chi connectivity index (χ2n) is 8.83. The van der Waals surface area contributed by atoms with Gasteiger partial charge in [0.05, 0.1) is 11.1 Å². The molecule has 6 nitrogen and oxygen atoms in total. The summed E-state index contributed by atoms with van der Waals surface area (Å²) in [5.74, 6) is 0.313. The second kappa shape index (κ2) is 13.6. The van der Waals surface area contributed by atoms with E-state index >= 15 is 0 Å². The molecule has 0 spiro atoms. The van der Waals surface area contributed by atoms with Gasteiger partial charge >= 0.3 is 12.4 Å². The average Bonchev–Trinajstić information content (AvgIpc) is 3.22. The number of hydrogen-bond donors (Lipinski definition) is 1. The highest BCUT2D eigenvalue weighted by Gasteiger charge is 2.37. The van der Waals surface area contributed by atoms with Crippen LogP contribution in [0.2, 0.25) is 0 Å². The number of halogens is 6. The number of aliphatic imine (C=N–C) groups is 1. The summed E-state index contributed by atoms with van der Waals surface area (Å²) in [7, 11) is 5.35. The average molecular weight is 545 g/mol. The third-order valence-electron chi connectivity index (χ3n) is 6.25. The minimum atomic E-state index is -4.96. The van der Waals surface area contributed by atoms with Crippen LogP contribution in [-0.4, -0.2) is 79.8 Å². The summed E-state index contributed by atoms with van der Waals surface area (Å²) in [4.78, 5) is 16.9. The van der Waals surface area contributed by atoms with Crippen molar-refractivity contribution in [3.05, 3.63) is 59.6 Å². The number of rotatable bonds is 10. The number of likely N-dealkylation sites (N-methyl/N-ethyl adjacent to an activating group) is 1. The molecule has 1 aliphatic heterocycles. The van der Waals surface area contributed by atoms with Crippen LogP contribution in [0.1, 0.15) is 32.3 Å². The van der Waals surface area contributed by atoms with Gasteiger partial charge < -0.3 is 15.1 Å². The van der Waals surface area contributed by atoms with E-state index in [1.54, 1.807) is 43.8 Å². The van der Waals surface area contributed by atoms with E-state index in [4.69, 9.17) is 0 Å². The van der Waals surface area contributed by atoms with E-state index < -0.39 is 23.5 Å². The molecule has 2 rings (SSSR count). The van der Waals surface area contributed by atoms with Gasteiger partial charge in [0.15, 0.2) is 0 Å². The van der Waals surface area contributed by atoms with E-state index in [1.165, 1.54) is 6.08 Å². The highest BCUT2D eigenvalue weighted by molar-refractivity contribution is 6.09. The Bertz CT molecular complexity index is 1050. The van der Waals surface area contributed by atoms with Gasteiger partial charge in [-0.3, -0.25) is 4.99 Å². The number of likely N-dealkylation sites (tertiary alicyclic amines) is 1. The van der Waals surface area contributed by atoms with Gasteiger partial charge in [-0.25, -0.2) is 9.97 Å². The zero-order valence-electron chi connectivity index (χ0n) is 22.1. The van der Waals surface area contributed by atoms with E-state index in [0.29, 0.717) is 30.2 Å². The smallest absolute Gasteiger partial charge is 0.393 e. The number of alkyl halides is 6. The first-order chi connectivity index (χ1) is 17.8. The summed E-state index contributed by atoms with van der Waals surface area (Å²) in [5.41, 5.74) is -1.33. The van der Waals surface area contributed by atoms with Crippen LogP contribution in [0.15, 0.2) is 59.0 Å². The summed E-state index contributed by atoms with van der Waals surface area (Å²) >= 11 is 0. The first kappa shape index (κ1) is 31.1. The molecule has 2 atom stereocenters. The summed E-state index contributed by atoms with van der Waals surface area (Å²) in [5, 5.41) is 2.92. The highest BCUT2D eigenvalue weighted by atomic mass is 19.4. The fourth-order valence-corrected chi connectivity index (χ4v) is 4.27. The molecule has 2 heterocycles. The topological polar surface area (TPSA) is 56.7 Å². The van der Waals surface area contributed by atoms with Crippen LogP contribution in [0.25, 0.3) is 5.57 Å². The van der Waals surface area contributed by atoms with Crippen molar-refractivity contribution in [1.82, 2.24) is 20.2 Å². The highest BCUT2D eigenvalue weighted by Crippen LogP contribution is 2.33. The molecule has 1 aliphatic rings. The lowest BCUT2D eigenvalue weighted by Crippen LogP contribution is -2.38. The molecule has 210 valence electrons. The van der Waals surface area contributed by atoms with Crippen molar-refractivity contribution in [1.29, 1.82) is 0 Å². The number of aromatic nitrogens is 2. The molecule has 0 saturated carbocycles. The Hall–Kier alpha value is -3.15. The predicted molar refractivity (Wildman–Crippen MR) is 139 cm³/mol. The molecule has 0 aromatic carbocycles. The van der Waals surface area contributed by atoms with Crippen molar-refractivity contribution in [2.75, 3.05) is 39.1 Å². The molecule has 1 aromatic rings. The van der Waals surface area contributed by atoms with Gasteiger partial charge in [0.2, 0.25) is 5.95 Å². The van der Waals surface area contributed by atoms with E-state index in [-0.39, 0.29) is 24.7 Å². The second-order valence-corrected chi connectivity index (χ2v) is 8.83. The largest absolute Gasteiger partial charge is 0.416 e. The molecule has 12 heteroatoms. The zero-order chi connectivity index (χ0) is 28.5. The van der Waals surface area contributed by atoms with Gasteiger partial charge in [0, 0.05) is 75.2 Å². The van der Waals surface area contributed by atoms with Crippen LogP contribution >= 0.6 is 0 Å². The number of hydrogen-bond acceptors (Lipinski definition) is 6. The van der Waals surface area contributed by atoms with Crippen molar-refractivity contribution in [3.63, 3.8) is 0 Å². The molecule has 1 fully saturated rings. The molecule has 1 aromatic heterocycles. The van der Waals surface area contributed by atoms with Gasteiger partial charge in [0.25, 0.3) is 0 Å². The standard InChI is InChI=1S/C26H34F6N6/c1-6-20(25(27,28)29)11-21(26(30,31)32)9-8-10-38(23-12-22(7-2)37(5)17-23)24-35-15-19(16-36-24)18(13-33-3)14-34-4/h6,8-9,11,13-16,22-23,33H,7,10,12,17H2,1-5H3/b9-8+,18-13+,20-6+,21-11+,34-14?/t22-,23?/m1/s1. The molecule has 1 saturated heterocycles. The Kier molecular flexibility index (Phi) is 11.1. The molecule has 1 unspecified atom stereocenters. The van der Waals surface area contributed by atoms with Crippen LogP contribution in [0.5, 0.6) is 0 Å². The monoisotopic (exact) mass is 544 g/mol. The van der Waals surface area contributed by atoms with Crippen molar-refractivity contribution >= 4 is 17.7 Å².